The topological polar surface area (TPSA) is 45.2 Å². The standard InChI is InChI=1S/C11H17N3OS/c1-8-10(16-7-13-8)5-12-9-3-4-11(15)14(2)6-9/h7,9,12H,3-6H2,1-2H3. The maximum Gasteiger partial charge on any atom is 0.222 e. The second-order valence-electron chi connectivity index (χ2n) is 4.25. The molecule has 0 spiro atoms. The van der Waals surface area contributed by atoms with Gasteiger partial charge in [0, 0.05) is 37.5 Å². The molecule has 1 saturated heterocycles. The molecule has 0 radical (unpaired) electrons. The molecule has 88 valence electrons. The Morgan fingerprint density at radius 2 is 2.50 bits per heavy atom. The average molecular weight is 239 g/mol. The second kappa shape index (κ2) is 4.93. The van der Waals surface area contributed by atoms with Crippen LogP contribution in [0.25, 0.3) is 0 Å². The molecule has 0 bridgehead atoms. The predicted molar refractivity (Wildman–Crippen MR) is 64.3 cm³/mol. The first-order valence-corrected chi connectivity index (χ1v) is 6.41. The molecule has 1 fully saturated rings. The molecule has 2 heterocycles. The lowest BCUT2D eigenvalue weighted by molar-refractivity contribution is -0.132. The van der Waals surface area contributed by atoms with Crippen molar-refractivity contribution < 1.29 is 4.79 Å². The molecular weight excluding hydrogens is 222 g/mol. The van der Waals surface area contributed by atoms with Crippen LogP contribution in [-0.4, -0.2) is 35.4 Å². The van der Waals surface area contributed by atoms with E-state index in [2.05, 4.69) is 10.3 Å². The van der Waals surface area contributed by atoms with Crippen LogP contribution in [-0.2, 0) is 11.3 Å². The normalized spacial score (nSPS) is 21.5. The first-order valence-electron chi connectivity index (χ1n) is 5.53. The van der Waals surface area contributed by atoms with Gasteiger partial charge in [-0.3, -0.25) is 4.79 Å². The summed E-state index contributed by atoms with van der Waals surface area (Å²) in [6.45, 7) is 3.71. The number of likely N-dealkylation sites (N-methyl/N-ethyl adjacent to an activating group) is 1. The molecule has 5 heteroatoms. The zero-order valence-corrected chi connectivity index (χ0v) is 10.5. The highest BCUT2D eigenvalue weighted by Gasteiger charge is 2.22. The Balaban J connectivity index is 1.83. The summed E-state index contributed by atoms with van der Waals surface area (Å²) < 4.78 is 0. The Labute approximate surface area is 99.7 Å². The van der Waals surface area contributed by atoms with Crippen LogP contribution in [0.4, 0.5) is 0 Å². The van der Waals surface area contributed by atoms with Crippen molar-refractivity contribution in [3.63, 3.8) is 0 Å². The summed E-state index contributed by atoms with van der Waals surface area (Å²) in [6, 6.07) is 0.421. The number of aromatic nitrogens is 1. The highest BCUT2D eigenvalue weighted by atomic mass is 32.1. The minimum Gasteiger partial charge on any atom is -0.344 e. The second-order valence-corrected chi connectivity index (χ2v) is 5.19. The van der Waals surface area contributed by atoms with Crippen molar-refractivity contribution in [2.24, 2.45) is 0 Å². The van der Waals surface area contributed by atoms with Crippen molar-refractivity contribution >= 4 is 17.2 Å². The summed E-state index contributed by atoms with van der Waals surface area (Å²) >= 11 is 1.69. The highest BCUT2D eigenvalue weighted by molar-refractivity contribution is 7.09. The number of piperidine rings is 1. The van der Waals surface area contributed by atoms with E-state index in [1.54, 1.807) is 16.2 Å². The van der Waals surface area contributed by atoms with Crippen LogP contribution < -0.4 is 5.32 Å². The third-order valence-electron chi connectivity index (χ3n) is 3.02. The first kappa shape index (κ1) is 11.5. The van der Waals surface area contributed by atoms with E-state index < -0.39 is 0 Å². The zero-order chi connectivity index (χ0) is 11.5. The fourth-order valence-electron chi connectivity index (χ4n) is 1.91. The number of thiazole rings is 1. The van der Waals surface area contributed by atoms with E-state index in [1.807, 2.05) is 19.5 Å². The van der Waals surface area contributed by atoms with Gasteiger partial charge in [0.2, 0.25) is 5.91 Å². The largest absolute Gasteiger partial charge is 0.344 e. The number of nitrogens with one attached hydrogen (secondary N) is 1. The molecule has 1 aliphatic rings. The van der Waals surface area contributed by atoms with Gasteiger partial charge in [-0.25, -0.2) is 4.98 Å². The number of nitrogens with zero attached hydrogens (tertiary/aromatic N) is 2. The summed E-state index contributed by atoms with van der Waals surface area (Å²) in [5, 5.41) is 3.49. The molecule has 1 N–H and O–H groups in total. The van der Waals surface area contributed by atoms with E-state index in [4.69, 9.17) is 0 Å². The molecule has 1 atom stereocenters. The van der Waals surface area contributed by atoms with Crippen LogP contribution in [0.15, 0.2) is 5.51 Å². The van der Waals surface area contributed by atoms with Crippen molar-refractivity contribution in [3.8, 4) is 0 Å². The monoisotopic (exact) mass is 239 g/mol. The van der Waals surface area contributed by atoms with Gasteiger partial charge in [0.15, 0.2) is 0 Å². The summed E-state index contributed by atoms with van der Waals surface area (Å²) in [7, 11) is 1.87. The Morgan fingerprint density at radius 3 is 3.12 bits per heavy atom. The van der Waals surface area contributed by atoms with Gasteiger partial charge in [-0.1, -0.05) is 0 Å². The van der Waals surface area contributed by atoms with Crippen molar-refractivity contribution in [2.45, 2.75) is 32.4 Å². The molecule has 1 aromatic heterocycles. The zero-order valence-electron chi connectivity index (χ0n) is 9.69. The Hall–Kier alpha value is -0.940. The Kier molecular flexibility index (Phi) is 3.56. The molecule has 0 aromatic carbocycles. The fraction of sp³-hybridized carbons (Fsp3) is 0.636. The van der Waals surface area contributed by atoms with Gasteiger partial charge in [-0.05, 0) is 13.3 Å². The van der Waals surface area contributed by atoms with E-state index in [0.29, 0.717) is 12.5 Å². The molecule has 1 aromatic rings. The van der Waals surface area contributed by atoms with E-state index >= 15 is 0 Å². The Bertz CT molecular complexity index is 377. The van der Waals surface area contributed by atoms with E-state index in [9.17, 15) is 4.79 Å². The summed E-state index contributed by atoms with van der Waals surface area (Å²) in [5.74, 6) is 0.257. The number of amides is 1. The number of hydrogen-bond donors (Lipinski definition) is 1. The molecule has 1 amide bonds. The first-order chi connectivity index (χ1) is 7.66. The minimum atomic E-state index is 0.257. The van der Waals surface area contributed by atoms with Crippen molar-refractivity contribution in [1.29, 1.82) is 0 Å². The molecule has 0 saturated carbocycles. The van der Waals surface area contributed by atoms with Crippen molar-refractivity contribution in [3.05, 3.63) is 16.1 Å². The number of carbonyl (C=O) groups is 1. The SMILES string of the molecule is Cc1ncsc1CNC1CCC(=O)N(C)C1. The van der Waals surface area contributed by atoms with Gasteiger partial charge in [0.25, 0.3) is 0 Å². The van der Waals surface area contributed by atoms with Gasteiger partial charge in [-0.2, -0.15) is 0 Å². The highest BCUT2D eigenvalue weighted by Crippen LogP contribution is 2.14. The van der Waals surface area contributed by atoms with Gasteiger partial charge < -0.3 is 10.2 Å². The van der Waals surface area contributed by atoms with Crippen molar-refractivity contribution in [2.75, 3.05) is 13.6 Å². The van der Waals surface area contributed by atoms with Gasteiger partial charge in [0.1, 0.15) is 0 Å². The third-order valence-corrected chi connectivity index (χ3v) is 3.96. The fourth-order valence-corrected chi connectivity index (χ4v) is 2.64. The van der Waals surface area contributed by atoms with Crippen molar-refractivity contribution in [1.82, 2.24) is 15.2 Å². The summed E-state index contributed by atoms with van der Waals surface area (Å²) in [6.07, 6.45) is 1.61. The minimum absolute atomic E-state index is 0.257. The summed E-state index contributed by atoms with van der Waals surface area (Å²) in [5.41, 5.74) is 2.99. The molecule has 2 rings (SSSR count). The van der Waals surface area contributed by atoms with Crippen LogP contribution in [0.3, 0.4) is 0 Å². The maximum absolute atomic E-state index is 11.3. The number of aryl methyl sites for hydroxylation is 1. The van der Waals surface area contributed by atoms with Crippen LogP contribution in [0.2, 0.25) is 0 Å². The smallest absolute Gasteiger partial charge is 0.222 e. The Morgan fingerprint density at radius 1 is 1.69 bits per heavy atom. The predicted octanol–water partition coefficient (Wildman–Crippen LogP) is 1.16. The number of rotatable bonds is 3. The molecule has 0 aliphatic carbocycles. The lowest BCUT2D eigenvalue weighted by atomic mass is 10.1. The van der Waals surface area contributed by atoms with Gasteiger partial charge in [0.05, 0.1) is 11.2 Å². The number of hydrogen-bond acceptors (Lipinski definition) is 4. The lowest BCUT2D eigenvalue weighted by Gasteiger charge is -2.30. The number of carbonyl (C=O) groups excluding carboxylic acids is 1. The maximum atomic E-state index is 11.3. The van der Waals surface area contributed by atoms with E-state index in [1.165, 1.54) is 4.88 Å². The summed E-state index contributed by atoms with van der Waals surface area (Å²) in [4.78, 5) is 18.6. The van der Waals surface area contributed by atoms with Crippen LogP contribution in [0, 0.1) is 6.92 Å². The van der Waals surface area contributed by atoms with Gasteiger partial charge >= 0.3 is 0 Å². The molecule has 1 unspecified atom stereocenters. The van der Waals surface area contributed by atoms with E-state index in [0.717, 1.165) is 25.2 Å². The van der Waals surface area contributed by atoms with Gasteiger partial charge in [-0.15, -0.1) is 11.3 Å². The molecular formula is C11H17N3OS. The molecule has 16 heavy (non-hydrogen) atoms. The van der Waals surface area contributed by atoms with Crippen LogP contribution >= 0.6 is 11.3 Å². The van der Waals surface area contributed by atoms with E-state index in [-0.39, 0.29) is 5.91 Å². The third kappa shape index (κ3) is 2.59. The van der Waals surface area contributed by atoms with Crippen LogP contribution in [0.1, 0.15) is 23.4 Å². The lowest BCUT2D eigenvalue weighted by Crippen LogP contribution is -2.46. The average Bonchev–Trinajstić information content (AvgIpc) is 2.66. The number of likely N-dealkylation sites (tertiary alicyclic amines) is 1. The quantitative estimate of drug-likeness (QED) is 0.861. The van der Waals surface area contributed by atoms with Crippen LogP contribution in [0.5, 0.6) is 0 Å². The molecule has 1 aliphatic heterocycles. The molecule has 4 nitrogen and oxygen atoms in total.